The number of hydrogen-bond acceptors (Lipinski definition) is 2. The number of aromatic nitrogens is 2. The maximum Gasteiger partial charge on any atom is 0.434 e. The fourth-order valence-electron chi connectivity index (χ4n) is 8.88. The average Bonchev–Trinajstić information content (AvgIpc) is 3.74. The van der Waals surface area contributed by atoms with Crippen LogP contribution >= 0.6 is 0 Å². The first-order valence-corrected chi connectivity index (χ1v) is 18.1. The van der Waals surface area contributed by atoms with Crippen LogP contribution in [0.25, 0.3) is 77.2 Å². The molecule has 0 radical (unpaired) electrons. The molecule has 0 aliphatic carbocycles. The average molecular weight is 677 g/mol. The molecule has 8 aromatic carbocycles. The Bertz CT molecular complexity index is 3050. The van der Waals surface area contributed by atoms with Gasteiger partial charge in [0.05, 0.1) is 22.1 Å². The minimum atomic E-state index is -0.315. The summed E-state index contributed by atoms with van der Waals surface area (Å²) in [6.07, 6.45) is 0. The quantitative estimate of drug-likeness (QED) is 0.174. The van der Waals surface area contributed by atoms with Gasteiger partial charge in [-0.2, -0.15) is 0 Å². The van der Waals surface area contributed by atoms with Crippen LogP contribution in [0.4, 0.5) is 0 Å². The summed E-state index contributed by atoms with van der Waals surface area (Å²) >= 11 is 0. The fourth-order valence-corrected chi connectivity index (χ4v) is 8.88. The van der Waals surface area contributed by atoms with Crippen LogP contribution in [0.2, 0.25) is 0 Å². The van der Waals surface area contributed by atoms with E-state index in [0.29, 0.717) is 0 Å². The second kappa shape index (κ2) is 10.8. The molecule has 0 amide bonds. The van der Waals surface area contributed by atoms with Gasteiger partial charge in [-0.1, -0.05) is 109 Å². The van der Waals surface area contributed by atoms with E-state index in [1.54, 1.807) is 0 Å². The van der Waals surface area contributed by atoms with Gasteiger partial charge in [-0.25, -0.2) is 0 Å². The predicted octanol–water partition coefficient (Wildman–Crippen LogP) is 10.8. The third-order valence-corrected chi connectivity index (χ3v) is 11.2. The zero-order chi connectivity index (χ0) is 34.6. The fraction of sp³-hybridized carbons (Fsp3) is 0. The monoisotopic (exact) mass is 676 g/mol. The largest absolute Gasteiger partial charge is 0.551 e. The Kier molecular flexibility index (Phi) is 5.83. The van der Waals surface area contributed by atoms with E-state index in [1.807, 2.05) is 0 Å². The molecule has 12 rings (SSSR count). The van der Waals surface area contributed by atoms with Gasteiger partial charge in [-0.3, -0.25) is 0 Å². The molecule has 246 valence electrons. The van der Waals surface area contributed by atoms with E-state index in [-0.39, 0.29) is 6.92 Å². The lowest BCUT2D eigenvalue weighted by molar-refractivity contribution is 0.479. The maximum absolute atomic E-state index is 7.10. The van der Waals surface area contributed by atoms with Crippen molar-refractivity contribution >= 4 is 61.5 Å². The first kappa shape index (κ1) is 28.7. The van der Waals surface area contributed by atoms with Gasteiger partial charge in [0.25, 0.3) is 0 Å². The van der Waals surface area contributed by atoms with Gasteiger partial charge in [0, 0.05) is 49.4 Å². The molecule has 5 heteroatoms. The molecular formula is C48H29BN2O2. The molecule has 0 fully saturated rings. The minimum Gasteiger partial charge on any atom is -0.551 e. The van der Waals surface area contributed by atoms with E-state index >= 15 is 0 Å². The Hall–Kier alpha value is -6.98. The highest BCUT2D eigenvalue weighted by Crippen LogP contribution is 2.42. The van der Waals surface area contributed by atoms with Crippen molar-refractivity contribution in [2.24, 2.45) is 0 Å². The number of ether oxygens (including phenoxy) is 1. The lowest BCUT2D eigenvalue weighted by Gasteiger charge is -2.33. The molecule has 4 nitrogen and oxygen atoms in total. The van der Waals surface area contributed by atoms with Crippen molar-refractivity contribution in [1.29, 1.82) is 0 Å². The molecule has 0 spiro atoms. The number of hydrogen-bond donors (Lipinski definition) is 0. The number of nitrogens with zero attached hydrogens (tertiary/aromatic N) is 2. The van der Waals surface area contributed by atoms with Crippen molar-refractivity contribution in [2.45, 2.75) is 0 Å². The normalized spacial score (nSPS) is 12.8. The van der Waals surface area contributed by atoms with E-state index in [2.05, 4.69) is 185 Å². The Labute approximate surface area is 305 Å². The summed E-state index contributed by atoms with van der Waals surface area (Å²) in [5.74, 6) is 2.54. The van der Waals surface area contributed by atoms with Crippen LogP contribution < -0.4 is 20.3 Å². The number of fused-ring (bicyclic) bond motifs is 10. The highest BCUT2D eigenvalue weighted by Gasteiger charge is 2.41. The van der Waals surface area contributed by atoms with Crippen molar-refractivity contribution < 1.29 is 9.39 Å². The van der Waals surface area contributed by atoms with Crippen LogP contribution in [0.1, 0.15) is 0 Å². The highest BCUT2D eigenvalue weighted by atomic mass is 16.5. The number of benzene rings is 8. The van der Waals surface area contributed by atoms with Gasteiger partial charge < -0.3 is 18.5 Å². The van der Waals surface area contributed by atoms with Crippen molar-refractivity contribution in [1.82, 2.24) is 9.13 Å². The van der Waals surface area contributed by atoms with Crippen LogP contribution in [0, 0.1) is 0 Å². The van der Waals surface area contributed by atoms with Crippen molar-refractivity contribution in [3.05, 3.63) is 176 Å². The summed E-state index contributed by atoms with van der Waals surface area (Å²) in [6.45, 7) is -0.315. The lowest BCUT2D eigenvalue weighted by Crippen LogP contribution is -2.53. The van der Waals surface area contributed by atoms with E-state index in [4.69, 9.17) is 9.39 Å². The Balaban J connectivity index is 0.988. The summed E-state index contributed by atoms with van der Waals surface area (Å²) in [5.41, 5.74) is 13.5. The smallest absolute Gasteiger partial charge is 0.434 e. The first-order chi connectivity index (χ1) is 26.3. The van der Waals surface area contributed by atoms with Gasteiger partial charge in [0.2, 0.25) is 0 Å². The number of para-hydroxylation sites is 4. The van der Waals surface area contributed by atoms with Gasteiger partial charge in [-0.05, 0) is 83.4 Å². The molecule has 2 aliphatic rings. The van der Waals surface area contributed by atoms with E-state index in [0.717, 1.165) is 61.8 Å². The molecule has 10 aromatic rings. The Morgan fingerprint density at radius 3 is 1.58 bits per heavy atom. The Morgan fingerprint density at radius 2 is 0.943 bits per heavy atom. The molecule has 0 bridgehead atoms. The topological polar surface area (TPSA) is 28.3 Å². The summed E-state index contributed by atoms with van der Waals surface area (Å²) < 4.78 is 18.4. The molecule has 0 unspecified atom stereocenters. The molecular weight excluding hydrogens is 647 g/mol. The summed E-state index contributed by atoms with van der Waals surface area (Å²) in [7, 11) is 0. The third kappa shape index (κ3) is 4.07. The van der Waals surface area contributed by atoms with Crippen LogP contribution in [0.3, 0.4) is 0 Å². The van der Waals surface area contributed by atoms with Crippen molar-refractivity contribution in [3.8, 4) is 50.9 Å². The van der Waals surface area contributed by atoms with E-state index in [9.17, 15) is 0 Å². The van der Waals surface area contributed by atoms with Crippen molar-refractivity contribution in [2.75, 3.05) is 0 Å². The molecule has 2 aliphatic heterocycles. The molecule has 0 atom stereocenters. The molecule has 2 aromatic heterocycles. The second-order valence-corrected chi connectivity index (χ2v) is 14.0. The molecule has 4 heterocycles. The van der Waals surface area contributed by atoms with Gasteiger partial charge >= 0.3 is 6.92 Å². The zero-order valence-corrected chi connectivity index (χ0v) is 28.5. The standard InChI is InChI=1S/C48H29BN2O2/c1-5-18-41-34(13-1)35-14-2-6-19-42(35)50(41)32-12-9-11-30(27-32)31-23-25-38-39-17-10-22-46-48(39)49(53-47(38)28-31)40-29-33(24-26-45(40)52-46)51-43-20-7-3-15-36(43)37-16-4-8-21-44(37)51/h1-29H. The zero-order valence-electron chi connectivity index (χ0n) is 28.5. The molecule has 0 saturated carbocycles. The minimum absolute atomic E-state index is 0.315. The van der Waals surface area contributed by atoms with Crippen LogP contribution in [0.15, 0.2) is 176 Å². The lowest BCUT2D eigenvalue weighted by atomic mass is 9.51. The predicted molar refractivity (Wildman–Crippen MR) is 218 cm³/mol. The highest BCUT2D eigenvalue weighted by molar-refractivity contribution is 6.84. The van der Waals surface area contributed by atoms with E-state index in [1.165, 1.54) is 43.6 Å². The van der Waals surface area contributed by atoms with Gasteiger partial charge in [0.1, 0.15) is 17.2 Å². The SMILES string of the molecule is c1cc(-c2ccc3c(c2)OB2c4cc(-n5c6ccccc6c6ccccc65)ccc4Oc4cccc-3c42)cc(-n2c3ccccc3c3ccccc32)c1. The summed E-state index contributed by atoms with van der Waals surface area (Å²) in [4.78, 5) is 0. The van der Waals surface area contributed by atoms with Crippen LogP contribution in [0.5, 0.6) is 17.2 Å². The van der Waals surface area contributed by atoms with E-state index < -0.39 is 0 Å². The van der Waals surface area contributed by atoms with Crippen molar-refractivity contribution in [3.63, 3.8) is 0 Å². The maximum atomic E-state index is 7.10. The summed E-state index contributed by atoms with van der Waals surface area (Å²) in [6, 6.07) is 62.8. The second-order valence-electron chi connectivity index (χ2n) is 14.0. The Morgan fingerprint density at radius 1 is 0.377 bits per heavy atom. The van der Waals surface area contributed by atoms with Crippen LogP contribution in [-0.4, -0.2) is 16.0 Å². The first-order valence-electron chi connectivity index (χ1n) is 18.1. The molecule has 53 heavy (non-hydrogen) atoms. The molecule has 0 saturated heterocycles. The van der Waals surface area contributed by atoms with Crippen LogP contribution in [-0.2, 0) is 0 Å². The van der Waals surface area contributed by atoms with Gasteiger partial charge in [0.15, 0.2) is 0 Å². The third-order valence-electron chi connectivity index (χ3n) is 11.2. The summed E-state index contributed by atoms with van der Waals surface area (Å²) in [5, 5.41) is 4.99. The number of rotatable bonds is 3. The van der Waals surface area contributed by atoms with Gasteiger partial charge in [-0.15, -0.1) is 0 Å². The molecule has 0 N–H and O–H groups in total.